The zero-order valence-electron chi connectivity index (χ0n) is 17.9. The molecule has 1 aliphatic heterocycles. The van der Waals surface area contributed by atoms with Gasteiger partial charge in [0, 0.05) is 37.0 Å². The van der Waals surface area contributed by atoms with Gasteiger partial charge in [-0.2, -0.15) is 4.72 Å². The minimum absolute atomic E-state index is 0.0315. The number of hydrogen-bond donors (Lipinski definition) is 3. The summed E-state index contributed by atoms with van der Waals surface area (Å²) >= 11 is 0. The summed E-state index contributed by atoms with van der Waals surface area (Å²) in [5.41, 5.74) is 1.47. The summed E-state index contributed by atoms with van der Waals surface area (Å²) in [5.74, 6) is -0.842. The lowest BCUT2D eigenvalue weighted by Crippen LogP contribution is -2.41. The summed E-state index contributed by atoms with van der Waals surface area (Å²) < 4.78 is 27.4. The number of anilines is 2. The quantitative estimate of drug-likeness (QED) is 0.587. The Kier molecular flexibility index (Phi) is 7.26. The largest absolute Gasteiger partial charge is 0.339 e. The fourth-order valence-corrected chi connectivity index (χ4v) is 4.53. The highest BCUT2D eigenvalue weighted by molar-refractivity contribution is 7.89. The molecule has 1 atom stereocenters. The molecular formula is C22H26N4O5S. The second-order valence-corrected chi connectivity index (χ2v) is 9.33. The molecule has 3 amide bonds. The van der Waals surface area contributed by atoms with Crippen molar-refractivity contribution in [1.29, 1.82) is 0 Å². The topological polar surface area (TPSA) is 125 Å². The van der Waals surface area contributed by atoms with Crippen molar-refractivity contribution in [3.8, 4) is 0 Å². The van der Waals surface area contributed by atoms with Crippen molar-refractivity contribution < 1.29 is 22.8 Å². The zero-order valence-corrected chi connectivity index (χ0v) is 18.7. The van der Waals surface area contributed by atoms with E-state index in [1.807, 2.05) is 0 Å². The molecular weight excluding hydrogens is 432 g/mol. The predicted molar refractivity (Wildman–Crippen MR) is 121 cm³/mol. The number of benzene rings is 2. The predicted octanol–water partition coefficient (Wildman–Crippen LogP) is 2.19. The Labute approximate surface area is 187 Å². The Balaban J connectivity index is 1.59. The molecule has 0 aromatic heterocycles. The van der Waals surface area contributed by atoms with Gasteiger partial charge in [-0.05, 0) is 68.3 Å². The van der Waals surface area contributed by atoms with Crippen LogP contribution in [0.5, 0.6) is 0 Å². The van der Waals surface area contributed by atoms with Gasteiger partial charge in [-0.15, -0.1) is 0 Å². The molecule has 0 saturated carbocycles. The van der Waals surface area contributed by atoms with Gasteiger partial charge in [0.25, 0.3) is 5.91 Å². The number of rotatable bonds is 7. The molecule has 1 saturated heterocycles. The molecule has 2 aromatic carbocycles. The molecule has 2 aromatic rings. The highest BCUT2D eigenvalue weighted by Crippen LogP contribution is 2.17. The SMILES string of the molecule is CC(=O)Nc1ccc(S(=O)(=O)N[C@@H](C)C(=O)Nc2ccc(C(=O)N3CCCC3)cc2)cc1. The van der Waals surface area contributed by atoms with Gasteiger partial charge in [-0.25, -0.2) is 8.42 Å². The molecule has 3 rings (SSSR count). The van der Waals surface area contributed by atoms with E-state index in [1.165, 1.54) is 38.1 Å². The fourth-order valence-electron chi connectivity index (χ4n) is 3.32. The summed E-state index contributed by atoms with van der Waals surface area (Å²) in [4.78, 5) is 37.7. The Morgan fingerprint density at radius 3 is 1.97 bits per heavy atom. The number of nitrogens with zero attached hydrogens (tertiary/aromatic N) is 1. The van der Waals surface area contributed by atoms with Gasteiger partial charge >= 0.3 is 0 Å². The van der Waals surface area contributed by atoms with Gasteiger partial charge in [0.05, 0.1) is 10.9 Å². The first-order chi connectivity index (χ1) is 15.2. The maximum atomic E-state index is 12.6. The Hall–Kier alpha value is -3.24. The standard InChI is InChI=1S/C22H26N4O5S/c1-15(25-32(30,31)20-11-9-18(10-12-20)23-16(2)27)21(28)24-19-7-5-17(6-8-19)22(29)26-13-3-4-14-26/h5-12,15,25H,3-4,13-14H2,1-2H3,(H,23,27)(H,24,28)/t15-/m0/s1. The summed E-state index contributed by atoms with van der Waals surface area (Å²) in [5, 5.41) is 5.20. The van der Waals surface area contributed by atoms with E-state index in [9.17, 15) is 22.8 Å². The molecule has 0 radical (unpaired) electrons. The van der Waals surface area contributed by atoms with Crippen LogP contribution in [0.4, 0.5) is 11.4 Å². The average Bonchev–Trinajstić information content (AvgIpc) is 3.28. The van der Waals surface area contributed by atoms with E-state index in [4.69, 9.17) is 0 Å². The molecule has 32 heavy (non-hydrogen) atoms. The van der Waals surface area contributed by atoms with Crippen molar-refractivity contribution in [2.24, 2.45) is 0 Å². The first kappa shape index (κ1) is 23.4. The number of carbonyl (C=O) groups excluding carboxylic acids is 3. The van der Waals surface area contributed by atoms with Gasteiger partial charge in [0.15, 0.2) is 0 Å². The van der Waals surface area contributed by atoms with Crippen LogP contribution in [-0.4, -0.2) is 50.2 Å². The lowest BCUT2D eigenvalue weighted by molar-refractivity contribution is -0.117. The molecule has 170 valence electrons. The van der Waals surface area contributed by atoms with Crippen molar-refractivity contribution in [3.63, 3.8) is 0 Å². The number of likely N-dealkylation sites (tertiary alicyclic amines) is 1. The molecule has 1 aliphatic rings. The Morgan fingerprint density at radius 2 is 1.41 bits per heavy atom. The average molecular weight is 459 g/mol. The Morgan fingerprint density at radius 1 is 0.875 bits per heavy atom. The summed E-state index contributed by atoms with van der Waals surface area (Å²) in [6, 6.07) is 11.1. The van der Waals surface area contributed by atoms with E-state index in [2.05, 4.69) is 15.4 Å². The maximum Gasteiger partial charge on any atom is 0.253 e. The second-order valence-electron chi connectivity index (χ2n) is 7.61. The van der Waals surface area contributed by atoms with Gasteiger partial charge in [0.1, 0.15) is 0 Å². The number of hydrogen-bond acceptors (Lipinski definition) is 5. The fraction of sp³-hybridized carbons (Fsp3) is 0.318. The van der Waals surface area contributed by atoms with Gasteiger partial charge in [-0.3, -0.25) is 14.4 Å². The number of amides is 3. The van der Waals surface area contributed by atoms with E-state index < -0.39 is 22.0 Å². The Bertz CT molecular complexity index is 1090. The van der Waals surface area contributed by atoms with E-state index in [1.54, 1.807) is 29.2 Å². The van der Waals surface area contributed by atoms with Crippen LogP contribution in [0.1, 0.15) is 37.0 Å². The van der Waals surface area contributed by atoms with Crippen LogP contribution in [0.3, 0.4) is 0 Å². The van der Waals surface area contributed by atoms with Crippen LogP contribution >= 0.6 is 0 Å². The lowest BCUT2D eigenvalue weighted by atomic mass is 10.2. The van der Waals surface area contributed by atoms with Crippen molar-refractivity contribution in [2.45, 2.75) is 37.6 Å². The summed E-state index contributed by atoms with van der Waals surface area (Å²) in [7, 11) is -3.94. The molecule has 0 unspecified atom stereocenters. The first-order valence-corrected chi connectivity index (χ1v) is 11.7. The van der Waals surface area contributed by atoms with Crippen LogP contribution in [0.15, 0.2) is 53.4 Å². The molecule has 9 nitrogen and oxygen atoms in total. The smallest absolute Gasteiger partial charge is 0.253 e. The summed E-state index contributed by atoms with van der Waals surface area (Å²) in [6.45, 7) is 4.30. The molecule has 10 heteroatoms. The first-order valence-electron chi connectivity index (χ1n) is 10.3. The van der Waals surface area contributed by atoms with Crippen LogP contribution in [0.2, 0.25) is 0 Å². The van der Waals surface area contributed by atoms with Gasteiger partial charge < -0.3 is 15.5 Å². The number of carbonyl (C=O) groups is 3. The van der Waals surface area contributed by atoms with Crippen LogP contribution < -0.4 is 15.4 Å². The highest BCUT2D eigenvalue weighted by atomic mass is 32.2. The van der Waals surface area contributed by atoms with Crippen molar-refractivity contribution in [1.82, 2.24) is 9.62 Å². The third-order valence-corrected chi connectivity index (χ3v) is 6.56. The minimum Gasteiger partial charge on any atom is -0.339 e. The lowest BCUT2D eigenvalue weighted by Gasteiger charge is -2.16. The number of sulfonamides is 1. The van der Waals surface area contributed by atoms with E-state index >= 15 is 0 Å². The van der Waals surface area contributed by atoms with Crippen LogP contribution in [0.25, 0.3) is 0 Å². The highest BCUT2D eigenvalue weighted by Gasteiger charge is 2.23. The van der Waals surface area contributed by atoms with Crippen molar-refractivity contribution in [2.75, 3.05) is 23.7 Å². The van der Waals surface area contributed by atoms with Crippen LogP contribution in [0, 0.1) is 0 Å². The third kappa shape index (κ3) is 5.92. The molecule has 1 heterocycles. The second kappa shape index (κ2) is 9.92. The van der Waals surface area contributed by atoms with Crippen molar-refractivity contribution >= 4 is 39.1 Å². The third-order valence-electron chi connectivity index (χ3n) is 5.00. The molecule has 1 fully saturated rings. The zero-order chi connectivity index (χ0) is 23.3. The molecule has 3 N–H and O–H groups in total. The summed E-state index contributed by atoms with van der Waals surface area (Å²) in [6.07, 6.45) is 2.01. The van der Waals surface area contributed by atoms with E-state index in [0.29, 0.717) is 16.9 Å². The van der Waals surface area contributed by atoms with Gasteiger partial charge in [-0.1, -0.05) is 0 Å². The van der Waals surface area contributed by atoms with Gasteiger partial charge in [0.2, 0.25) is 21.8 Å². The normalized spacial score (nSPS) is 14.6. The maximum absolute atomic E-state index is 12.6. The minimum atomic E-state index is -3.94. The monoisotopic (exact) mass is 458 g/mol. The van der Waals surface area contributed by atoms with E-state index in [-0.39, 0.29) is 16.7 Å². The molecule has 0 spiro atoms. The van der Waals surface area contributed by atoms with E-state index in [0.717, 1.165) is 25.9 Å². The molecule has 0 aliphatic carbocycles. The number of nitrogens with one attached hydrogen (secondary N) is 3. The van der Waals surface area contributed by atoms with Crippen LogP contribution in [-0.2, 0) is 19.6 Å². The van der Waals surface area contributed by atoms with Crippen molar-refractivity contribution in [3.05, 3.63) is 54.1 Å². The molecule has 0 bridgehead atoms.